The Kier molecular flexibility index (Phi) is 5.47. The summed E-state index contributed by atoms with van der Waals surface area (Å²) < 4.78 is 63.1. The fourth-order valence-electron chi connectivity index (χ4n) is 1.81. The molecule has 2 rings (SSSR count). The molecule has 0 bridgehead atoms. The molecule has 0 aliphatic carbocycles. The summed E-state index contributed by atoms with van der Waals surface area (Å²) in [6.07, 6.45) is 0.756. The summed E-state index contributed by atoms with van der Waals surface area (Å²) in [7, 11) is -5.89. The normalized spacial score (nSPS) is 11.2. The highest BCUT2D eigenvalue weighted by Crippen LogP contribution is 2.28. The molecule has 2 aromatic carbocycles. The fraction of sp³-hybridized carbons (Fsp3) is 0.0588. The molecule has 0 atom stereocenters. The van der Waals surface area contributed by atoms with Crippen molar-refractivity contribution in [3.8, 4) is 17.6 Å². The van der Waals surface area contributed by atoms with Gasteiger partial charge in [0.2, 0.25) is 0 Å². The van der Waals surface area contributed by atoms with E-state index in [0.717, 1.165) is 12.1 Å². The van der Waals surface area contributed by atoms with Gasteiger partial charge in [0.15, 0.2) is 18.3 Å². The molecule has 26 heavy (non-hydrogen) atoms. The second kappa shape index (κ2) is 7.41. The van der Waals surface area contributed by atoms with Gasteiger partial charge in [-0.2, -0.15) is 21.6 Å². The largest absolute Gasteiger partial charge is 0.534 e. The molecule has 134 valence electrons. The average Bonchev–Trinajstić information content (AvgIpc) is 2.59. The number of hydrogen-bond donors (Lipinski definition) is 0. The smallest absolute Gasteiger partial charge is 0.375 e. The molecule has 0 aliphatic heterocycles. The van der Waals surface area contributed by atoms with E-state index in [1.807, 2.05) is 0 Å². The molecule has 9 heteroatoms. The van der Waals surface area contributed by atoms with Crippen LogP contribution < -0.4 is 4.18 Å². The van der Waals surface area contributed by atoms with Crippen LogP contribution in [0.25, 0.3) is 0 Å². The third-order valence-corrected chi connectivity index (χ3v) is 4.01. The highest BCUT2D eigenvalue weighted by Gasteiger charge is 2.48. The average molecular weight is 382 g/mol. The molecule has 0 saturated heterocycles. The third-order valence-electron chi connectivity index (χ3n) is 3.05. The maximum atomic E-state index is 12.4. The predicted molar refractivity (Wildman–Crippen MR) is 85.2 cm³/mol. The van der Waals surface area contributed by atoms with Gasteiger partial charge in [0.05, 0.1) is 5.56 Å². The zero-order valence-electron chi connectivity index (χ0n) is 12.8. The number of halogens is 3. The van der Waals surface area contributed by atoms with E-state index < -0.39 is 26.9 Å². The Hall–Kier alpha value is -3.12. The summed E-state index contributed by atoms with van der Waals surface area (Å²) in [6.45, 7) is 0. The van der Waals surface area contributed by atoms with E-state index in [1.165, 1.54) is 6.07 Å². The van der Waals surface area contributed by atoms with Crippen molar-refractivity contribution >= 4 is 22.7 Å². The minimum absolute atomic E-state index is 0.145. The van der Waals surface area contributed by atoms with Crippen LogP contribution in [-0.4, -0.2) is 26.5 Å². The number of carbonyl (C=O) groups is 2. The van der Waals surface area contributed by atoms with E-state index in [-0.39, 0.29) is 11.8 Å². The molecule has 0 amide bonds. The molecule has 0 aliphatic rings. The fourth-order valence-corrected chi connectivity index (χ4v) is 2.30. The first kappa shape index (κ1) is 19.2. The van der Waals surface area contributed by atoms with Gasteiger partial charge in [-0.3, -0.25) is 9.59 Å². The van der Waals surface area contributed by atoms with Crippen LogP contribution in [0.3, 0.4) is 0 Å². The van der Waals surface area contributed by atoms with Crippen LogP contribution >= 0.6 is 0 Å². The van der Waals surface area contributed by atoms with Crippen LogP contribution in [0, 0.1) is 11.8 Å². The van der Waals surface area contributed by atoms with Crippen LogP contribution in [0.15, 0.2) is 42.5 Å². The lowest BCUT2D eigenvalue weighted by atomic mass is 10.1. The molecule has 5 nitrogen and oxygen atoms in total. The Bertz CT molecular complexity index is 1010. The van der Waals surface area contributed by atoms with Crippen LogP contribution in [0.1, 0.15) is 31.8 Å². The second-order valence-corrected chi connectivity index (χ2v) is 6.35. The van der Waals surface area contributed by atoms with E-state index in [0.29, 0.717) is 17.4 Å². The molecule has 0 unspecified atom stereocenters. The Morgan fingerprint density at radius 3 is 2.19 bits per heavy atom. The van der Waals surface area contributed by atoms with E-state index in [2.05, 4.69) is 16.0 Å². The summed E-state index contributed by atoms with van der Waals surface area (Å²) in [6, 6.07) is 9.59. The van der Waals surface area contributed by atoms with Crippen molar-refractivity contribution in [2.75, 3.05) is 0 Å². The zero-order chi connectivity index (χ0) is 19.4. The minimum Gasteiger partial charge on any atom is -0.375 e. The minimum atomic E-state index is -5.89. The first-order valence-corrected chi connectivity index (χ1v) is 8.25. The summed E-state index contributed by atoms with van der Waals surface area (Å²) in [5.41, 5.74) is -5.08. The maximum absolute atomic E-state index is 12.4. The Labute approximate surface area is 146 Å². The van der Waals surface area contributed by atoms with Crippen LogP contribution in [0.4, 0.5) is 13.2 Å². The van der Waals surface area contributed by atoms with Gasteiger partial charge in [0.1, 0.15) is 0 Å². The second-order valence-electron chi connectivity index (χ2n) is 4.81. The molecular formula is C17H9F3O5S. The maximum Gasteiger partial charge on any atom is 0.534 e. The van der Waals surface area contributed by atoms with E-state index >= 15 is 0 Å². The molecule has 0 saturated carbocycles. The molecular weight excluding hydrogens is 373 g/mol. The van der Waals surface area contributed by atoms with E-state index in [9.17, 15) is 31.2 Å². The number of benzene rings is 2. The van der Waals surface area contributed by atoms with Crippen LogP contribution in [0.5, 0.6) is 5.75 Å². The first-order chi connectivity index (χ1) is 12.2. The number of hydrogen-bond acceptors (Lipinski definition) is 5. The van der Waals surface area contributed by atoms with Crippen molar-refractivity contribution in [3.63, 3.8) is 0 Å². The van der Waals surface area contributed by atoms with Gasteiger partial charge >= 0.3 is 15.6 Å². The van der Waals surface area contributed by atoms with Gasteiger partial charge in [-0.1, -0.05) is 30.0 Å². The van der Waals surface area contributed by atoms with Crippen LogP contribution in [-0.2, 0) is 10.1 Å². The molecule has 0 spiro atoms. The standard InChI is InChI=1S/C17H9F3O5S/c18-17(19,20)26(23,24)25-16-8-6-12(9-15(16)11-22)5-7-13-3-1-2-4-14(13)10-21/h1-4,6,8-11H. The third kappa shape index (κ3) is 4.29. The van der Waals surface area contributed by atoms with Gasteiger partial charge in [0.25, 0.3) is 0 Å². The number of rotatable bonds is 4. The van der Waals surface area contributed by atoms with E-state index in [4.69, 9.17) is 0 Å². The van der Waals surface area contributed by atoms with Crippen molar-refractivity contribution in [2.24, 2.45) is 0 Å². The topological polar surface area (TPSA) is 77.5 Å². The lowest BCUT2D eigenvalue weighted by Gasteiger charge is -2.10. The van der Waals surface area contributed by atoms with E-state index in [1.54, 1.807) is 24.3 Å². The SMILES string of the molecule is O=Cc1ccccc1C#Cc1ccc(OS(=O)(=O)C(F)(F)F)c(C=O)c1. The Morgan fingerprint density at radius 1 is 0.923 bits per heavy atom. The number of alkyl halides is 3. The molecule has 0 radical (unpaired) electrons. The Balaban J connectivity index is 2.37. The first-order valence-electron chi connectivity index (χ1n) is 6.84. The molecule has 0 N–H and O–H groups in total. The number of carbonyl (C=O) groups excluding carboxylic acids is 2. The lowest BCUT2D eigenvalue weighted by Crippen LogP contribution is -2.28. The summed E-state index contributed by atoms with van der Waals surface area (Å²) in [5, 5.41) is 0. The van der Waals surface area contributed by atoms with Gasteiger partial charge in [-0.15, -0.1) is 0 Å². The molecule has 2 aromatic rings. The van der Waals surface area contributed by atoms with Crippen molar-refractivity contribution in [3.05, 3.63) is 64.7 Å². The predicted octanol–water partition coefficient (Wildman–Crippen LogP) is 2.94. The van der Waals surface area contributed by atoms with Crippen molar-refractivity contribution in [2.45, 2.75) is 5.51 Å². The highest BCUT2D eigenvalue weighted by molar-refractivity contribution is 7.88. The number of aldehydes is 2. The van der Waals surface area contributed by atoms with Crippen molar-refractivity contribution < 1.29 is 35.4 Å². The summed E-state index contributed by atoms with van der Waals surface area (Å²) in [5.74, 6) is 4.56. The van der Waals surface area contributed by atoms with Gasteiger partial charge in [0, 0.05) is 16.7 Å². The summed E-state index contributed by atoms with van der Waals surface area (Å²) >= 11 is 0. The highest BCUT2D eigenvalue weighted by atomic mass is 32.2. The van der Waals surface area contributed by atoms with Gasteiger partial charge < -0.3 is 4.18 Å². The lowest BCUT2D eigenvalue weighted by molar-refractivity contribution is -0.0500. The summed E-state index contributed by atoms with van der Waals surface area (Å²) in [4.78, 5) is 22.0. The van der Waals surface area contributed by atoms with Crippen molar-refractivity contribution in [1.29, 1.82) is 0 Å². The van der Waals surface area contributed by atoms with Crippen molar-refractivity contribution in [1.82, 2.24) is 0 Å². The molecule has 0 fully saturated rings. The monoisotopic (exact) mass is 382 g/mol. The van der Waals surface area contributed by atoms with Gasteiger partial charge in [-0.05, 0) is 24.3 Å². The van der Waals surface area contributed by atoms with Gasteiger partial charge in [-0.25, -0.2) is 0 Å². The quantitative estimate of drug-likeness (QED) is 0.352. The molecule has 0 heterocycles. The molecule has 0 aromatic heterocycles. The Morgan fingerprint density at radius 2 is 1.58 bits per heavy atom. The zero-order valence-corrected chi connectivity index (χ0v) is 13.6. The van der Waals surface area contributed by atoms with Crippen LogP contribution in [0.2, 0.25) is 0 Å².